The number of para-hydroxylation sites is 1. The largest absolute Gasteiger partial charge is 0.376 e. The molecule has 1 amide bonds. The molecule has 6 heteroatoms. The summed E-state index contributed by atoms with van der Waals surface area (Å²) >= 11 is 6.37. The molecule has 5 nitrogen and oxygen atoms in total. The van der Waals surface area contributed by atoms with Gasteiger partial charge in [-0.15, -0.1) is 0 Å². The Labute approximate surface area is 169 Å². The van der Waals surface area contributed by atoms with Crippen LogP contribution < -0.4 is 5.32 Å². The monoisotopic (exact) mass is 397 g/mol. The third-order valence-corrected chi connectivity index (χ3v) is 5.44. The van der Waals surface area contributed by atoms with E-state index in [0.29, 0.717) is 17.3 Å². The van der Waals surface area contributed by atoms with Crippen molar-refractivity contribution in [2.45, 2.75) is 26.1 Å². The lowest BCUT2D eigenvalue weighted by Gasteiger charge is -2.31. The van der Waals surface area contributed by atoms with Gasteiger partial charge in [0.05, 0.1) is 17.7 Å². The Morgan fingerprint density at radius 1 is 1.25 bits per heavy atom. The second-order valence-electron chi connectivity index (χ2n) is 7.28. The van der Waals surface area contributed by atoms with Crippen LogP contribution in [-0.4, -0.2) is 41.6 Å². The van der Waals surface area contributed by atoms with Crippen LogP contribution in [0.3, 0.4) is 0 Å². The average Bonchev–Trinajstić information content (AvgIpc) is 3.04. The molecule has 0 radical (unpaired) electrons. The normalized spacial score (nSPS) is 17.7. The van der Waals surface area contributed by atoms with Crippen molar-refractivity contribution in [3.63, 3.8) is 0 Å². The maximum Gasteiger partial charge on any atom is 0.269 e. The van der Waals surface area contributed by atoms with Gasteiger partial charge in [0.1, 0.15) is 5.69 Å². The van der Waals surface area contributed by atoms with Crippen molar-refractivity contribution in [3.05, 3.63) is 70.4 Å². The predicted molar refractivity (Wildman–Crippen MR) is 112 cm³/mol. The lowest BCUT2D eigenvalue weighted by atomic mass is 10.1. The van der Waals surface area contributed by atoms with E-state index < -0.39 is 0 Å². The number of rotatable bonds is 5. The van der Waals surface area contributed by atoms with E-state index in [0.717, 1.165) is 42.7 Å². The zero-order chi connectivity index (χ0) is 19.5. The fourth-order valence-electron chi connectivity index (χ4n) is 3.67. The number of halogens is 1. The number of carbonyl (C=O) groups is 1. The maximum atomic E-state index is 12.6. The van der Waals surface area contributed by atoms with Gasteiger partial charge in [0, 0.05) is 37.1 Å². The minimum atomic E-state index is -0.200. The van der Waals surface area contributed by atoms with Crippen LogP contribution in [0.25, 0.3) is 10.9 Å². The number of morpholine rings is 1. The molecule has 1 aliphatic heterocycles. The van der Waals surface area contributed by atoms with Crippen molar-refractivity contribution >= 4 is 28.4 Å². The Hall–Kier alpha value is -2.34. The lowest BCUT2D eigenvalue weighted by Crippen LogP contribution is -2.40. The lowest BCUT2D eigenvalue weighted by molar-refractivity contribution is -0.0212. The first-order valence-corrected chi connectivity index (χ1v) is 9.94. The number of nitrogens with one attached hydrogen (secondary N) is 2. The fraction of sp³-hybridized carbons (Fsp3) is 0.318. The van der Waals surface area contributed by atoms with Gasteiger partial charge in [-0.05, 0) is 24.1 Å². The third kappa shape index (κ3) is 4.22. The van der Waals surface area contributed by atoms with Gasteiger partial charge in [-0.2, -0.15) is 0 Å². The first-order valence-electron chi connectivity index (χ1n) is 9.56. The van der Waals surface area contributed by atoms with E-state index >= 15 is 0 Å². The molecule has 146 valence electrons. The number of carbonyl (C=O) groups excluding carboxylic acids is 1. The summed E-state index contributed by atoms with van der Waals surface area (Å²) in [4.78, 5) is 18.1. The van der Waals surface area contributed by atoms with Crippen molar-refractivity contribution < 1.29 is 9.53 Å². The maximum absolute atomic E-state index is 12.6. The van der Waals surface area contributed by atoms with E-state index in [2.05, 4.69) is 34.3 Å². The second kappa shape index (κ2) is 8.35. The van der Waals surface area contributed by atoms with E-state index in [1.807, 2.05) is 36.4 Å². The molecule has 0 saturated carbocycles. The van der Waals surface area contributed by atoms with Crippen LogP contribution in [0.4, 0.5) is 0 Å². The zero-order valence-corrected chi connectivity index (χ0v) is 16.6. The molecule has 1 aromatic heterocycles. The third-order valence-electron chi connectivity index (χ3n) is 5.05. The van der Waals surface area contributed by atoms with Crippen LogP contribution >= 0.6 is 11.6 Å². The molecule has 1 atom stereocenters. The van der Waals surface area contributed by atoms with Gasteiger partial charge in [-0.25, -0.2) is 0 Å². The van der Waals surface area contributed by atoms with Crippen LogP contribution in [0.2, 0.25) is 5.02 Å². The number of hydrogen-bond acceptors (Lipinski definition) is 3. The molecule has 2 aromatic carbocycles. The molecule has 1 saturated heterocycles. The molecule has 2 N–H and O–H groups in total. The number of aromatic nitrogens is 1. The Kier molecular flexibility index (Phi) is 5.67. The minimum absolute atomic E-state index is 0.200. The van der Waals surface area contributed by atoms with Crippen molar-refractivity contribution in [3.8, 4) is 0 Å². The van der Waals surface area contributed by atoms with Crippen molar-refractivity contribution in [2.75, 3.05) is 19.7 Å². The van der Waals surface area contributed by atoms with Gasteiger partial charge in [0.15, 0.2) is 0 Å². The van der Waals surface area contributed by atoms with E-state index in [1.54, 1.807) is 0 Å². The summed E-state index contributed by atoms with van der Waals surface area (Å²) < 4.78 is 5.60. The van der Waals surface area contributed by atoms with Crippen LogP contribution in [0.15, 0.2) is 48.5 Å². The first-order chi connectivity index (χ1) is 13.6. The van der Waals surface area contributed by atoms with Crippen molar-refractivity contribution in [1.82, 2.24) is 15.2 Å². The quantitative estimate of drug-likeness (QED) is 0.684. The number of nitrogens with zero attached hydrogens (tertiary/aromatic N) is 1. The van der Waals surface area contributed by atoms with Crippen LogP contribution in [0, 0.1) is 0 Å². The zero-order valence-electron chi connectivity index (χ0n) is 15.9. The molecule has 1 aliphatic rings. The molecule has 3 aromatic rings. The molecular formula is C22H24ClN3O2. The molecule has 0 spiro atoms. The van der Waals surface area contributed by atoms with Gasteiger partial charge < -0.3 is 15.0 Å². The average molecular weight is 398 g/mol. The summed E-state index contributed by atoms with van der Waals surface area (Å²) in [6, 6.07) is 16.0. The molecule has 4 rings (SSSR count). The Bertz CT molecular complexity index is 985. The number of amides is 1. The summed E-state index contributed by atoms with van der Waals surface area (Å²) in [5.74, 6) is -0.200. The van der Waals surface area contributed by atoms with Crippen molar-refractivity contribution in [1.29, 1.82) is 0 Å². The van der Waals surface area contributed by atoms with E-state index in [9.17, 15) is 4.79 Å². The van der Waals surface area contributed by atoms with Gasteiger partial charge in [0.25, 0.3) is 5.91 Å². The van der Waals surface area contributed by atoms with Gasteiger partial charge >= 0.3 is 0 Å². The number of H-pyrrole nitrogens is 1. The fourth-order valence-corrected chi connectivity index (χ4v) is 3.96. The highest BCUT2D eigenvalue weighted by molar-refractivity contribution is 6.38. The molecule has 1 fully saturated rings. The summed E-state index contributed by atoms with van der Waals surface area (Å²) in [6.07, 6.45) is 0.275. The molecule has 2 heterocycles. The Morgan fingerprint density at radius 3 is 2.89 bits per heavy atom. The number of ether oxygens (including phenoxy) is 1. The highest BCUT2D eigenvalue weighted by atomic mass is 35.5. The molecule has 0 bridgehead atoms. The highest BCUT2D eigenvalue weighted by Gasteiger charge is 2.17. The Balaban J connectivity index is 1.40. The Morgan fingerprint density at radius 2 is 2.07 bits per heavy atom. The predicted octanol–water partition coefficient (Wildman–Crippen LogP) is 3.97. The minimum Gasteiger partial charge on any atom is -0.376 e. The highest BCUT2D eigenvalue weighted by Crippen LogP contribution is 2.27. The molecule has 1 unspecified atom stereocenters. The first kappa shape index (κ1) is 19.0. The molecular weight excluding hydrogens is 374 g/mol. The van der Waals surface area contributed by atoms with Crippen LogP contribution in [0.5, 0.6) is 0 Å². The second-order valence-corrected chi connectivity index (χ2v) is 7.66. The smallest absolute Gasteiger partial charge is 0.269 e. The van der Waals surface area contributed by atoms with E-state index in [4.69, 9.17) is 16.3 Å². The van der Waals surface area contributed by atoms with Crippen molar-refractivity contribution in [2.24, 2.45) is 0 Å². The van der Waals surface area contributed by atoms with E-state index in [-0.39, 0.29) is 12.0 Å². The van der Waals surface area contributed by atoms with Crippen LogP contribution in [0.1, 0.15) is 28.5 Å². The summed E-state index contributed by atoms with van der Waals surface area (Å²) in [7, 11) is 0. The summed E-state index contributed by atoms with van der Waals surface area (Å²) in [6.45, 7) is 6.13. The number of benzene rings is 2. The summed E-state index contributed by atoms with van der Waals surface area (Å²) in [5.41, 5.74) is 3.57. The topological polar surface area (TPSA) is 57.4 Å². The molecule has 0 aliphatic carbocycles. The van der Waals surface area contributed by atoms with E-state index in [1.165, 1.54) is 5.56 Å². The van der Waals surface area contributed by atoms with Gasteiger partial charge in [-0.3, -0.25) is 9.69 Å². The van der Waals surface area contributed by atoms with Crippen LogP contribution in [-0.2, 0) is 17.8 Å². The SMILES string of the molecule is CC1CN(Cc2cccc(CNC(=O)c3[nH]c4ccccc4c3Cl)c2)CCO1. The number of fused-ring (bicyclic) bond motifs is 1. The standard InChI is InChI=1S/C22H24ClN3O2/c1-15-13-26(9-10-28-15)14-17-6-4-5-16(11-17)12-24-22(27)21-20(23)18-7-2-3-8-19(18)25-21/h2-8,11,15,25H,9-10,12-14H2,1H3,(H,24,27). The van der Waals surface area contributed by atoms with Gasteiger partial charge in [0.2, 0.25) is 0 Å². The summed E-state index contributed by atoms with van der Waals surface area (Å²) in [5, 5.41) is 4.29. The number of hydrogen-bond donors (Lipinski definition) is 2. The number of aromatic amines is 1. The molecule has 28 heavy (non-hydrogen) atoms. The van der Waals surface area contributed by atoms with Gasteiger partial charge in [-0.1, -0.05) is 54.1 Å².